The molecule has 19 heavy (non-hydrogen) atoms. The summed E-state index contributed by atoms with van der Waals surface area (Å²) in [6.07, 6.45) is 3.31. The topological polar surface area (TPSA) is 17.1 Å². The van der Waals surface area contributed by atoms with Crippen molar-refractivity contribution in [1.29, 1.82) is 0 Å². The van der Waals surface area contributed by atoms with Gasteiger partial charge in [-0.25, -0.2) is 0 Å². The van der Waals surface area contributed by atoms with E-state index in [-0.39, 0.29) is 5.12 Å². The van der Waals surface area contributed by atoms with Crippen LogP contribution in [-0.2, 0) is 4.79 Å². The second-order valence-electron chi connectivity index (χ2n) is 3.76. The molecule has 1 nitrogen and oxygen atoms in total. The van der Waals surface area contributed by atoms with Gasteiger partial charge in [0.15, 0.2) is 0 Å². The number of thioether (sulfide) groups is 1. The first-order valence-electron chi connectivity index (χ1n) is 5.54. The highest BCUT2D eigenvalue weighted by molar-refractivity contribution is 8.14. The second-order valence-corrected chi connectivity index (χ2v) is 5.71. The third kappa shape index (κ3) is 4.75. The van der Waals surface area contributed by atoms with E-state index in [2.05, 4.69) is 0 Å². The van der Waals surface area contributed by atoms with E-state index >= 15 is 0 Å². The number of rotatable bonds is 3. The zero-order valence-corrected chi connectivity index (χ0v) is 12.2. The van der Waals surface area contributed by atoms with Gasteiger partial charge in [-0.3, -0.25) is 4.79 Å². The Morgan fingerprint density at radius 1 is 0.895 bits per heavy atom. The molecule has 0 radical (unpaired) electrons. The van der Waals surface area contributed by atoms with Crippen molar-refractivity contribution >= 4 is 46.2 Å². The average Bonchev–Trinajstić information content (AvgIpc) is 2.41. The Morgan fingerprint density at radius 2 is 1.42 bits per heavy atom. The fourth-order valence-corrected chi connectivity index (χ4v) is 2.28. The zero-order valence-electron chi connectivity index (χ0n) is 9.85. The highest BCUT2D eigenvalue weighted by atomic mass is 35.5. The Kier molecular flexibility index (Phi) is 5.08. The third-order valence-electron chi connectivity index (χ3n) is 2.31. The van der Waals surface area contributed by atoms with Crippen molar-refractivity contribution in [3.05, 3.63) is 70.2 Å². The number of carbonyl (C=O) groups is 1. The van der Waals surface area contributed by atoms with Crippen LogP contribution in [0, 0.1) is 0 Å². The Labute approximate surface area is 126 Å². The normalized spacial score (nSPS) is 10.8. The molecule has 2 rings (SSSR count). The van der Waals surface area contributed by atoms with E-state index < -0.39 is 0 Å². The van der Waals surface area contributed by atoms with Gasteiger partial charge in [0.2, 0.25) is 5.12 Å². The molecule has 0 spiro atoms. The first-order chi connectivity index (χ1) is 9.13. The maximum Gasteiger partial charge on any atom is 0.216 e. The molecule has 0 fully saturated rings. The van der Waals surface area contributed by atoms with Gasteiger partial charge in [-0.15, -0.1) is 0 Å². The van der Waals surface area contributed by atoms with Crippen LogP contribution < -0.4 is 0 Å². The van der Waals surface area contributed by atoms with Crippen LogP contribution >= 0.6 is 35.0 Å². The highest BCUT2D eigenvalue weighted by Crippen LogP contribution is 2.21. The van der Waals surface area contributed by atoms with Crippen molar-refractivity contribution in [2.24, 2.45) is 0 Å². The van der Waals surface area contributed by atoms with Crippen molar-refractivity contribution in [2.45, 2.75) is 4.90 Å². The molecule has 0 aromatic heterocycles. The molecule has 0 saturated heterocycles. The third-order valence-corrected chi connectivity index (χ3v) is 3.66. The lowest BCUT2D eigenvalue weighted by atomic mass is 10.2. The molecule has 2 aromatic carbocycles. The quantitative estimate of drug-likeness (QED) is 0.563. The minimum absolute atomic E-state index is 0.0303. The van der Waals surface area contributed by atoms with E-state index in [1.54, 1.807) is 36.4 Å². The summed E-state index contributed by atoms with van der Waals surface area (Å²) >= 11 is 12.7. The van der Waals surface area contributed by atoms with Crippen LogP contribution in [0.15, 0.2) is 59.5 Å². The molecular formula is C15H10Cl2OS. The Balaban J connectivity index is 1.97. The molecule has 2 aromatic rings. The summed E-state index contributed by atoms with van der Waals surface area (Å²) in [5.41, 5.74) is 0.939. The fourth-order valence-electron chi connectivity index (χ4n) is 1.39. The van der Waals surface area contributed by atoms with E-state index in [0.717, 1.165) is 22.2 Å². The van der Waals surface area contributed by atoms with E-state index in [1.807, 2.05) is 24.3 Å². The van der Waals surface area contributed by atoms with E-state index in [9.17, 15) is 4.79 Å². The van der Waals surface area contributed by atoms with Gasteiger partial charge >= 0.3 is 0 Å². The van der Waals surface area contributed by atoms with Crippen LogP contribution in [0.4, 0.5) is 0 Å². The van der Waals surface area contributed by atoms with Crippen LogP contribution in [-0.4, -0.2) is 5.12 Å². The van der Waals surface area contributed by atoms with Crippen molar-refractivity contribution in [1.82, 2.24) is 0 Å². The van der Waals surface area contributed by atoms with Crippen LogP contribution in [0.2, 0.25) is 10.0 Å². The number of halogens is 2. The second kappa shape index (κ2) is 6.80. The summed E-state index contributed by atoms with van der Waals surface area (Å²) < 4.78 is 0. The smallest absolute Gasteiger partial charge is 0.216 e. The minimum Gasteiger partial charge on any atom is -0.282 e. The van der Waals surface area contributed by atoms with Gasteiger partial charge in [0.25, 0.3) is 0 Å². The molecule has 0 atom stereocenters. The number of hydrogen-bond donors (Lipinski definition) is 0. The lowest BCUT2D eigenvalue weighted by molar-refractivity contribution is -0.106. The number of hydrogen-bond acceptors (Lipinski definition) is 2. The lowest BCUT2D eigenvalue weighted by Gasteiger charge is -1.97. The molecule has 0 bridgehead atoms. The summed E-state index contributed by atoms with van der Waals surface area (Å²) in [5, 5.41) is 1.31. The number of carbonyl (C=O) groups excluding carboxylic acids is 1. The molecule has 0 aliphatic carbocycles. The van der Waals surface area contributed by atoms with Crippen LogP contribution in [0.1, 0.15) is 5.56 Å². The standard InChI is InChI=1S/C15H10Cl2OS/c16-12-4-1-11(2-5-12)3-10-15(18)19-14-8-6-13(17)7-9-14/h1-10H/b10-3+. The molecule has 0 aliphatic heterocycles. The maximum atomic E-state index is 11.8. The van der Waals surface area contributed by atoms with Gasteiger partial charge in [0, 0.05) is 14.9 Å². The molecular weight excluding hydrogens is 299 g/mol. The monoisotopic (exact) mass is 308 g/mol. The molecule has 4 heteroatoms. The average molecular weight is 309 g/mol. The molecule has 0 heterocycles. The zero-order chi connectivity index (χ0) is 13.7. The first-order valence-corrected chi connectivity index (χ1v) is 7.12. The summed E-state index contributed by atoms with van der Waals surface area (Å²) in [4.78, 5) is 12.6. The van der Waals surface area contributed by atoms with Crippen molar-refractivity contribution in [3.8, 4) is 0 Å². The Hall–Kier alpha value is -1.22. The minimum atomic E-state index is -0.0303. The Morgan fingerprint density at radius 3 is 2.00 bits per heavy atom. The summed E-state index contributed by atoms with van der Waals surface area (Å²) in [5.74, 6) is 0. The number of benzene rings is 2. The van der Waals surface area contributed by atoms with E-state index in [4.69, 9.17) is 23.2 Å². The largest absolute Gasteiger partial charge is 0.282 e. The molecule has 0 unspecified atom stereocenters. The maximum absolute atomic E-state index is 11.8. The molecule has 0 aliphatic rings. The molecule has 96 valence electrons. The Bertz CT molecular complexity index is 589. The summed E-state index contributed by atoms with van der Waals surface area (Å²) in [6, 6.07) is 14.5. The fraction of sp³-hybridized carbons (Fsp3) is 0. The summed E-state index contributed by atoms with van der Waals surface area (Å²) in [6.45, 7) is 0. The van der Waals surface area contributed by atoms with Gasteiger partial charge in [-0.1, -0.05) is 41.4 Å². The SMILES string of the molecule is O=C(/C=C/c1ccc(Cl)cc1)Sc1ccc(Cl)cc1. The highest BCUT2D eigenvalue weighted by Gasteiger charge is 2.00. The van der Waals surface area contributed by atoms with Gasteiger partial charge in [-0.05, 0) is 59.8 Å². The lowest BCUT2D eigenvalue weighted by Crippen LogP contribution is -1.84. The molecule has 0 saturated carbocycles. The predicted molar refractivity (Wildman–Crippen MR) is 82.8 cm³/mol. The molecule has 0 amide bonds. The van der Waals surface area contributed by atoms with E-state index in [0.29, 0.717) is 10.0 Å². The van der Waals surface area contributed by atoms with Crippen molar-refractivity contribution in [3.63, 3.8) is 0 Å². The van der Waals surface area contributed by atoms with Crippen LogP contribution in [0.3, 0.4) is 0 Å². The van der Waals surface area contributed by atoms with Gasteiger partial charge in [-0.2, -0.15) is 0 Å². The van der Waals surface area contributed by atoms with Gasteiger partial charge in [0.1, 0.15) is 0 Å². The first kappa shape index (κ1) is 14.2. The predicted octanol–water partition coefficient (Wildman–Crippen LogP) is 5.33. The van der Waals surface area contributed by atoms with Crippen molar-refractivity contribution in [2.75, 3.05) is 0 Å². The van der Waals surface area contributed by atoms with Gasteiger partial charge < -0.3 is 0 Å². The van der Waals surface area contributed by atoms with Crippen molar-refractivity contribution < 1.29 is 4.79 Å². The van der Waals surface area contributed by atoms with Crippen LogP contribution in [0.25, 0.3) is 6.08 Å². The van der Waals surface area contributed by atoms with Gasteiger partial charge in [0.05, 0.1) is 0 Å². The molecule has 0 N–H and O–H groups in total. The summed E-state index contributed by atoms with van der Waals surface area (Å²) in [7, 11) is 0. The van der Waals surface area contributed by atoms with E-state index in [1.165, 1.54) is 0 Å². The van der Waals surface area contributed by atoms with Crippen LogP contribution in [0.5, 0.6) is 0 Å².